The standard InChI is InChI=1S/C23H23Cl2N5O2S/c24-16-3-1-5-18(13-16)26-22(32)28-23-27-19(15-33-23)7-8-21(31)30-11-9-29(10-12-30)20-6-2-4-17(25)14-20/h1-6,13-15H,7-12H2,(H2,26,27,28,32). The van der Waals surface area contributed by atoms with Crippen LogP contribution in [0.15, 0.2) is 53.9 Å². The van der Waals surface area contributed by atoms with Gasteiger partial charge >= 0.3 is 6.03 Å². The lowest BCUT2D eigenvalue weighted by Crippen LogP contribution is -2.48. The van der Waals surface area contributed by atoms with E-state index in [2.05, 4.69) is 20.5 Å². The molecule has 2 heterocycles. The number of anilines is 3. The van der Waals surface area contributed by atoms with Gasteiger partial charge < -0.3 is 15.1 Å². The van der Waals surface area contributed by atoms with Crippen molar-refractivity contribution in [2.75, 3.05) is 41.7 Å². The first-order chi connectivity index (χ1) is 16.0. The van der Waals surface area contributed by atoms with E-state index in [9.17, 15) is 9.59 Å². The summed E-state index contributed by atoms with van der Waals surface area (Å²) in [5, 5.41) is 9.02. The van der Waals surface area contributed by atoms with Gasteiger partial charge in [-0.1, -0.05) is 35.3 Å². The van der Waals surface area contributed by atoms with Crippen molar-refractivity contribution in [3.8, 4) is 0 Å². The topological polar surface area (TPSA) is 77.6 Å². The molecule has 0 saturated carbocycles. The quantitative estimate of drug-likeness (QED) is 0.473. The number of hydrogen-bond acceptors (Lipinski definition) is 5. The highest BCUT2D eigenvalue weighted by Gasteiger charge is 2.21. The molecule has 0 radical (unpaired) electrons. The molecule has 7 nitrogen and oxygen atoms in total. The van der Waals surface area contributed by atoms with Crippen LogP contribution in [0.5, 0.6) is 0 Å². The third-order valence-electron chi connectivity index (χ3n) is 5.26. The van der Waals surface area contributed by atoms with E-state index >= 15 is 0 Å². The summed E-state index contributed by atoms with van der Waals surface area (Å²) in [6.07, 6.45) is 0.913. The van der Waals surface area contributed by atoms with Crippen LogP contribution in [0.2, 0.25) is 10.0 Å². The van der Waals surface area contributed by atoms with Crippen LogP contribution in [-0.2, 0) is 11.2 Å². The number of urea groups is 1. The molecule has 1 aliphatic rings. The Labute approximate surface area is 206 Å². The van der Waals surface area contributed by atoms with Crippen molar-refractivity contribution >= 4 is 63.0 Å². The summed E-state index contributed by atoms with van der Waals surface area (Å²) in [7, 11) is 0. The molecule has 1 saturated heterocycles. The normalized spacial score (nSPS) is 13.6. The number of nitrogens with zero attached hydrogens (tertiary/aromatic N) is 3. The molecule has 0 bridgehead atoms. The molecule has 10 heteroatoms. The molecule has 0 atom stereocenters. The lowest BCUT2D eigenvalue weighted by Gasteiger charge is -2.36. The number of amides is 3. The van der Waals surface area contributed by atoms with Crippen LogP contribution in [0.4, 0.5) is 21.3 Å². The van der Waals surface area contributed by atoms with Crippen molar-refractivity contribution in [2.45, 2.75) is 12.8 Å². The summed E-state index contributed by atoms with van der Waals surface area (Å²) in [5.41, 5.74) is 2.46. The lowest BCUT2D eigenvalue weighted by molar-refractivity contribution is -0.131. The third kappa shape index (κ3) is 6.60. The number of carbonyl (C=O) groups is 2. The number of halogens is 2. The van der Waals surface area contributed by atoms with Gasteiger partial charge in [0.2, 0.25) is 5.91 Å². The number of piperazine rings is 1. The Balaban J connectivity index is 1.21. The summed E-state index contributed by atoms with van der Waals surface area (Å²) in [5.74, 6) is 0.113. The molecule has 0 aliphatic carbocycles. The van der Waals surface area contributed by atoms with Crippen molar-refractivity contribution in [2.24, 2.45) is 0 Å². The zero-order valence-electron chi connectivity index (χ0n) is 17.8. The number of nitrogens with one attached hydrogen (secondary N) is 2. The lowest BCUT2D eigenvalue weighted by atomic mass is 10.2. The average Bonchev–Trinajstić information content (AvgIpc) is 3.24. The number of thiazole rings is 1. The van der Waals surface area contributed by atoms with Crippen molar-refractivity contribution in [3.63, 3.8) is 0 Å². The number of aryl methyl sites for hydroxylation is 1. The molecule has 172 valence electrons. The van der Waals surface area contributed by atoms with Gasteiger partial charge in [-0.25, -0.2) is 9.78 Å². The van der Waals surface area contributed by atoms with E-state index in [1.165, 1.54) is 11.3 Å². The molecule has 3 amide bonds. The molecule has 2 aromatic carbocycles. The highest BCUT2D eigenvalue weighted by Crippen LogP contribution is 2.22. The van der Waals surface area contributed by atoms with Gasteiger partial charge in [-0.2, -0.15) is 0 Å². The number of rotatable bonds is 6. The summed E-state index contributed by atoms with van der Waals surface area (Å²) in [4.78, 5) is 33.4. The zero-order chi connectivity index (χ0) is 23.2. The van der Waals surface area contributed by atoms with Crippen LogP contribution in [0.1, 0.15) is 12.1 Å². The zero-order valence-corrected chi connectivity index (χ0v) is 20.1. The fourth-order valence-electron chi connectivity index (χ4n) is 3.58. The number of hydrogen-bond donors (Lipinski definition) is 2. The van der Waals surface area contributed by atoms with Crippen LogP contribution in [-0.4, -0.2) is 48.0 Å². The van der Waals surface area contributed by atoms with Crippen LogP contribution >= 0.6 is 34.5 Å². The van der Waals surface area contributed by atoms with E-state index in [0.29, 0.717) is 46.8 Å². The highest BCUT2D eigenvalue weighted by atomic mass is 35.5. The summed E-state index contributed by atoms with van der Waals surface area (Å²) < 4.78 is 0. The Morgan fingerprint density at radius 3 is 2.42 bits per heavy atom. The van der Waals surface area contributed by atoms with Crippen molar-refractivity contribution in [1.82, 2.24) is 9.88 Å². The molecule has 0 spiro atoms. The predicted octanol–water partition coefficient (Wildman–Crippen LogP) is 5.38. The maximum atomic E-state index is 12.7. The molecule has 4 rings (SSSR count). The molecule has 3 aromatic rings. The number of aromatic nitrogens is 1. The minimum Gasteiger partial charge on any atom is -0.368 e. The van der Waals surface area contributed by atoms with Crippen LogP contribution < -0.4 is 15.5 Å². The largest absolute Gasteiger partial charge is 0.368 e. The van der Waals surface area contributed by atoms with Gasteiger partial charge in [-0.05, 0) is 42.8 Å². The van der Waals surface area contributed by atoms with Gasteiger partial charge in [-0.3, -0.25) is 10.1 Å². The summed E-state index contributed by atoms with van der Waals surface area (Å²) in [6, 6.07) is 14.3. The van der Waals surface area contributed by atoms with Gasteiger partial charge in [0.05, 0.1) is 5.69 Å². The summed E-state index contributed by atoms with van der Waals surface area (Å²) in [6.45, 7) is 2.91. The molecule has 1 fully saturated rings. The van der Waals surface area contributed by atoms with Gasteiger partial charge in [0.25, 0.3) is 0 Å². The maximum Gasteiger partial charge on any atom is 0.325 e. The molecular formula is C23H23Cl2N5O2S. The molecule has 1 aliphatic heterocycles. The van der Waals surface area contributed by atoms with E-state index in [1.807, 2.05) is 34.5 Å². The second-order valence-corrected chi connectivity index (χ2v) is 9.31. The first kappa shape index (κ1) is 23.4. The van der Waals surface area contributed by atoms with E-state index in [-0.39, 0.29) is 5.91 Å². The van der Waals surface area contributed by atoms with Gasteiger partial charge in [0.15, 0.2) is 5.13 Å². The molecule has 1 aromatic heterocycles. The number of carbonyl (C=O) groups excluding carboxylic acids is 2. The Morgan fingerprint density at radius 2 is 1.70 bits per heavy atom. The predicted molar refractivity (Wildman–Crippen MR) is 135 cm³/mol. The molecule has 0 unspecified atom stereocenters. The fraction of sp³-hybridized carbons (Fsp3) is 0.261. The van der Waals surface area contributed by atoms with Crippen LogP contribution in [0, 0.1) is 0 Å². The molecular weight excluding hydrogens is 481 g/mol. The monoisotopic (exact) mass is 503 g/mol. The van der Waals surface area contributed by atoms with E-state index in [4.69, 9.17) is 23.2 Å². The molecule has 2 N–H and O–H groups in total. The Morgan fingerprint density at radius 1 is 0.970 bits per heavy atom. The van der Waals surface area contributed by atoms with Crippen molar-refractivity contribution in [3.05, 3.63) is 69.7 Å². The van der Waals surface area contributed by atoms with Gasteiger partial charge in [-0.15, -0.1) is 11.3 Å². The Hall–Kier alpha value is -2.81. The Kier molecular flexibility index (Phi) is 7.69. The van der Waals surface area contributed by atoms with E-state index in [1.54, 1.807) is 24.3 Å². The smallest absolute Gasteiger partial charge is 0.325 e. The van der Waals surface area contributed by atoms with Crippen molar-refractivity contribution < 1.29 is 9.59 Å². The Bertz CT molecular complexity index is 1130. The van der Waals surface area contributed by atoms with Crippen LogP contribution in [0.3, 0.4) is 0 Å². The third-order valence-corrected chi connectivity index (χ3v) is 6.53. The van der Waals surface area contributed by atoms with Gasteiger partial charge in [0.1, 0.15) is 0 Å². The summed E-state index contributed by atoms with van der Waals surface area (Å²) >= 11 is 13.3. The first-order valence-electron chi connectivity index (χ1n) is 10.5. The van der Waals surface area contributed by atoms with Crippen molar-refractivity contribution in [1.29, 1.82) is 0 Å². The first-order valence-corrected chi connectivity index (χ1v) is 12.2. The SMILES string of the molecule is O=C(Nc1cccc(Cl)c1)Nc1nc(CCC(=O)N2CCN(c3cccc(Cl)c3)CC2)cs1. The van der Waals surface area contributed by atoms with Crippen LogP contribution in [0.25, 0.3) is 0 Å². The number of benzene rings is 2. The second-order valence-electron chi connectivity index (χ2n) is 7.58. The fourth-order valence-corrected chi connectivity index (χ4v) is 4.70. The second kappa shape index (κ2) is 10.9. The minimum absolute atomic E-state index is 0.113. The van der Waals surface area contributed by atoms with Gasteiger partial charge in [0, 0.05) is 59.4 Å². The minimum atomic E-state index is -0.396. The maximum absolute atomic E-state index is 12.7. The average molecular weight is 504 g/mol. The molecule has 33 heavy (non-hydrogen) atoms. The highest BCUT2D eigenvalue weighted by molar-refractivity contribution is 7.13. The van der Waals surface area contributed by atoms with E-state index < -0.39 is 6.03 Å². The van der Waals surface area contributed by atoms with E-state index in [0.717, 1.165) is 24.5 Å².